The Morgan fingerprint density at radius 2 is 2.06 bits per heavy atom. The van der Waals surface area contributed by atoms with Gasteiger partial charge >= 0.3 is 0 Å². The van der Waals surface area contributed by atoms with Gasteiger partial charge in [-0.1, -0.05) is 13.3 Å². The summed E-state index contributed by atoms with van der Waals surface area (Å²) in [6, 6.07) is 0. The lowest BCUT2D eigenvalue weighted by Gasteiger charge is -2.41. The summed E-state index contributed by atoms with van der Waals surface area (Å²) in [4.78, 5) is 11.8. The van der Waals surface area contributed by atoms with Crippen LogP contribution in [0.2, 0.25) is 0 Å². The zero-order chi connectivity index (χ0) is 14.0. The van der Waals surface area contributed by atoms with Crippen LogP contribution < -0.4 is 5.32 Å². The number of unbranched alkanes of at least 4 members (excludes halogenated alkanes) is 1. The van der Waals surface area contributed by atoms with Gasteiger partial charge in [-0.05, 0) is 20.3 Å². The van der Waals surface area contributed by atoms with E-state index in [1.54, 1.807) is 20.9 Å². The van der Waals surface area contributed by atoms with Crippen molar-refractivity contribution in [2.24, 2.45) is 0 Å². The molecule has 1 fully saturated rings. The molecule has 1 heterocycles. The molecule has 1 saturated heterocycles. The van der Waals surface area contributed by atoms with E-state index in [0.29, 0.717) is 19.6 Å². The molecule has 0 atom stereocenters. The summed E-state index contributed by atoms with van der Waals surface area (Å²) < 4.78 is 27.5. The molecule has 1 aliphatic heterocycles. The first-order valence-electron chi connectivity index (χ1n) is 6.27. The van der Waals surface area contributed by atoms with Gasteiger partial charge in [0.1, 0.15) is 5.54 Å². The normalized spacial score (nSPS) is 21.1. The third-order valence-electron chi connectivity index (χ3n) is 3.28. The van der Waals surface area contributed by atoms with Gasteiger partial charge in [-0.25, -0.2) is 0 Å². The molecule has 0 aromatic heterocycles. The van der Waals surface area contributed by atoms with Crippen LogP contribution in [0.1, 0.15) is 33.6 Å². The van der Waals surface area contributed by atoms with E-state index in [0.717, 1.165) is 12.8 Å². The van der Waals surface area contributed by atoms with E-state index in [1.807, 2.05) is 6.92 Å². The minimum absolute atomic E-state index is 0.249. The molecule has 0 radical (unpaired) electrons. The third kappa shape index (κ3) is 2.84. The molecule has 1 N–H and O–H groups in total. The van der Waals surface area contributed by atoms with Crippen molar-refractivity contribution in [3.05, 3.63) is 0 Å². The van der Waals surface area contributed by atoms with Crippen molar-refractivity contribution in [1.29, 1.82) is 0 Å². The van der Waals surface area contributed by atoms with Gasteiger partial charge < -0.3 is 5.32 Å². The topological polar surface area (TPSA) is 69.7 Å². The lowest BCUT2D eigenvalue weighted by Crippen LogP contribution is -2.65. The number of nitrogens with one attached hydrogen (secondary N) is 1. The number of hydrogen-bond donors (Lipinski definition) is 1. The molecule has 0 saturated carbocycles. The number of rotatable bonds is 5. The van der Waals surface area contributed by atoms with Crippen molar-refractivity contribution in [2.45, 2.75) is 39.2 Å². The second kappa shape index (κ2) is 5.54. The first-order chi connectivity index (χ1) is 8.24. The van der Waals surface area contributed by atoms with Crippen LogP contribution in [-0.4, -0.2) is 55.2 Å². The minimum atomic E-state index is -3.57. The standard InChI is InChI=1S/C11H23N3O3S/c1-5-6-8-13(4)18(16,17)14-9-7-12-10(15)11(14,2)3/h5-9H2,1-4H3,(H,12,15). The molecule has 0 aromatic rings. The van der Waals surface area contributed by atoms with Crippen molar-refractivity contribution in [1.82, 2.24) is 13.9 Å². The van der Waals surface area contributed by atoms with E-state index in [4.69, 9.17) is 0 Å². The Hall–Kier alpha value is -0.660. The summed E-state index contributed by atoms with van der Waals surface area (Å²) in [5.74, 6) is -0.249. The van der Waals surface area contributed by atoms with Gasteiger partial charge in [0.15, 0.2) is 0 Å². The first kappa shape index (κ1) is 15.4. The molecule has 0 bridgehead atoms. The van der Waals surface area contributed by atoms with Crippen LogP contribution in [0, 0.1) is 0 Å². The van der Waals surface area contributed by atoms with E-state index in [1.165, 1.54) is 8.61 Å². The van der Waals surface area contributed by atoms with Gasteiger partial charge in [-0.2, -0.15) is 17.0 Å². The molecule has 1 aliphatic rings. The number of carbonyl (C=O) groups excluding carboxylic acids is 1. The molecule has 18 heavy (non-hydrogen) atoms. The van der Waals surface area contributed by atoms with E-state index in [2.05, 4.69) is 5.32 Å². The quantitative estimate of drug-likeness (QED) is 0.779. The molecule has 0 aliphatic carbocycles. The fourth-order valence-corrected chi connectivity index (χ4v) is 3.63. The molecule has 1 rings (SSSR count). The molecule has 0 unspecified atom stereocenters. The Balaban J connectivity index is 2.93. The summed E-state index contributed by atoms with van der Waals surface area (Å²) in [7, 11) is -2.01. The Morgan fingerprint density at radius 3 is 2.61 bits per heavy atom. The Bertz CT molecular complexity index is 406. The van der Waals surface area contributed by atoms with Gasteiger partial charge in [0, 0.05) is 26.7 Å². The van der Waals surface area contributed by atoms with Gasteiger partial charge in [0.05, 0.1) is 0 Å². The highest BCUT2D eigenvalue weighted by molar-refractivity contribution is 7.86. The molecule has 106 valence electrons. The fourth-order valence-electron chi connectivity index (χ4n) is 1.95. The smallest absolute Gasteiger partial charge is 0.282 e. The number of hydrogen-bond acceptors (Lipinski definition) is 3. The van der Waals surface area contributed by atoms with Gasteiger partial charge in [0.25, 0.3) is 10.2 Å². The van der Waals surface area contributed by atoms with Crippen LogP contribution >= 0.6 is 0 Å². The average Bonchev–Trinajstić information content (AvgIpc) is 2.29. The highest BCUT2D eigenvalue weighted by atomic mass is 32.2. The van der Waals surface area contributed by atoms with E-state index in [-0.39, 0.29) is 5.91 Å². The summed E-state index contributed by atoms with van der Waals surface area (Å²) in [6.45, 7) is 6.44. The second-order valence-corrected chi connectivity index (χ2v) is 7.03. The van der Waals surface area contributed by atoms with E-state index < -0.39 is 15.7 Å². The Morgan fingerprint density at radius 1 is 1.44 bits per heavy atom. The highest BCUT2D eigenvalue weighted by Crippen LogP contribution is 2.23. The lowest BCUT2D eigenvalue weighted by molar-refractivity contribution is -0.131. The zero-order valence-corrected chi connectivity index (χ0v) is 12.4. The number of piperazine rings is 1. The summed E-state index contributed by atoms with van der Waals surface area (Å²) >= 11 is 0. The number of amides is 1. The van der Waals surface area contributed by atoms with Crippen LogP contribution in [0.3, 0.4) is 0 Å². The maximum atomic E-state index is 12.4. The van der Waals surface area contributed by atoms with E-state index >= 15 is 0 Å². The van der Waals surface area contributed by atoms with Crippen molar-refractivity contribution < 1.29 is 13.2 Å². The molecule has 6 nitrogen and oxygen atoms in total. The monoisotopic (exact) mass is 277 g/mol. The van der Waals surface area contributed by atoms with Crippen LogP contribution in [0.4, 0.5) is 0 Å². The third-order valence-corrected chi connectivity index (χ3v) is 5.44. The molecular formula is C11H23N3O3S. The molecule has 1 amide bonds. The van der Waals surface area contributed by atoms with Crippen LogP contribution in [-0.2, 0) is 15.0 Å². The minimum Gasteiger partial charge on any atom is -0.353 e. The predicted octanol–water partition coefficient (Wildman–Crippen LogP) is 0.174. The fraction of sp³-hybridized carbons (Fsp3) is 0.909. The largest absolute Gasteiger partial charge is 0.353 e. The van der Waals surface area contributed by atoms with Crippen molar-refractivity contribution in [3.63, 3.8) is 0 Å². The van der Waals surface area contributed by atoms with Crippen molar-refractivity contribution in [3.8, 4) is 0 Å². The first-order valence-corrected chi connectivity index (χ1v) is 7.66. The van der Waals surface area contributed by atoms with Crippen molar-refractivity contribution >= 4 is 16.1 Å². The zero-order valence-electron chi connectivity index (χ0n) is 11.6. The van der Waals surface area contributed by atoms with Crippen LogP contribution in [0.15, 0.2) is 0 Å². The summed E-state index contributed by atoms with van der Waals surface area (Å²) in [5.41, 5.74) is -1.03. The molecule has 0 aromatic carbocycles. The van der Waals surface area contributed by atoms with Crippen LogP contribution in [0.25, 0.3) is 0 Å². The summed E-state index contributed by atoms with van der Waals surface area (Å²) in [6.07, 6.45) is 1.75. The van der Waals surface area contributed by atoms with Gasteiger partial charge in [-0.15, -0.1) is 0 Å². The maximum Gasteiger partial charge on any atom is 0.282 e. The van der Waals surface area contributed by atoms with Crippen molar-refractivity contribution in [2.75, 3.05) is 26.7 Å². The highest BCUT2D eigenvalue weighted by Gasteiger charge is 2.45. The maximum absolute atomic E-state index is 12.4. The van der Waals surface area contributed by atoms with Crippen LogP contribution in [0.5, 0.6) is 0 Å². The Labute approximate surface area is 110 Å². The van der Waals surface area contributed by atoms with Gasteiger partial charge in [0.2, 0.25) is 5.91 Å². The van der Waals surface area contributed by atoms with Gasteiger partial charge in [-0.3, -0.25) is 4.79 Å². The number of carbonyl (C=O) groups is 1. The molecule has 0 spiro atoms. The Kier molecular flexibility index (Phi) is 4.74. The molecular weight excluding hydrogens is 254 g/mol. The second-order valence-electron chi connectivity index (χ2n) is 5.07. The molecule has 7 heteroatoms. The predicted molar refractivity (Wildman–Crippen MR) is 70.3 cm³/mol. The summed E-state index contributed by atoms with van der Waals surface area (Å²) in [5, 5.41) is 2.69. The average molecular weight is 277 g/mol. The van der Waals surface area contributed by atoms with E-state index in [9.17, 15) is 13.2 Å². The SMILES string of the molecule is CCCCN(C)S(=O)(=O)N1CCNC(=O)C1(C)C. The number of nitrogens with zero attached hydrogens (tertiary/aromatic N) is 2. The lowest BCUT2D eigenvalue weighted by atomic mass is 10.0.